The fraction of sp³-hybridized carbons (Fsp3) is 0.800. The number of unbranched alkanes of at least 4 members (excludes halogenated alkanes) is 1. The van der Waals surface area contributed by atoms with Crippen LogP contribution in [0.1, 0.15) is 65.7 Å². The van der Waals surface area contributed by atoms with Crippen LogP contribution in [0.4, 0.5) is 0 Å². The predicted octanol–water partition coefficient (Wildman–Crippen LogP) is 5.43. The predicted molar refractivity (Wildman–Crippen MR) is 79.4 cm³/mol. The molecule has 0 aromatic heterocycles. The van der Waals surface area contributed by atoms with Gasteiger partial charge in [0.1, 0.15) is 0 Å². The number of hydrogen-bond donors (Lipinski definition) is 0. The van der Waals surface area contributed by atoms with Crippen molar-refractivity contribution in [2.45, 2.75) is 65.7 Å². The van der Waals surface area contributed by atoms with Gasteiger partial charge in [0.2, 0.25) is 0 Å². The second-order valence-corrected chi connectivity index (χ2v) is 6.87. The lowest BCUT2D eigenvalue weighted by Crippen LogP contribution is -1.99. The lowest BCUT2D eigenvalue weighted by Gasteiger charge is -2.18. The second-order valence-electron chi connectivity index (χ2n) is 4.82. The minimum absolute atomic E-state index is 0.407. The van der Waals surface area contributed by atoms with E-state index in [2.05, 4.69) is 12.7 Å². The van der Waals surface area contributed by atoms with E-state index in [0.29, 0.717) is 13.2 Å². The molecule has 1 aliphatic rings. The van der Waals surface area contributed by atoms with Crippen LogP contribution in [-0.4, -0.2) is 13.2 Å². The zero-order chi connectivity index (χ0) is 14.1. The Kier molecular flexibility index (Phi) is 7.71. The van der Waals surface area contributed by atoms with Crippen molar-refractivity contribution in [3.63, 3.8) is 0 Å². The number of rotatable bonds is 8. The summed E-state index contributed by atoms with van der Waals surface area (Å²) < 4.78 is 23.8. The molecular formula is C15H27O3P. The third-order valence-electron chi connectivity index (χ3n) is 3.22. The molecule has 0 aliphatic heterocycles. The van der Waals surface area contributed by atoms with E-state index in [1.807, 2.05) is 13.8 Å². The first-order chi connectivity index (χ1) is 9.16. The van der Waals surface area contributed by atoms with Crippen LogP contribution >= 0.6 is 7.60 Å². The van der Waals surface area contributed by atoms with E-state index in [1.54, 1.807) is 0 Å². The normalized spacial score (nSPS) is 15.6. The molecule has 0 atom stereocenters. The highest BCUT2D eigenvalue weighted by molar-refractivity contribution is 7.58. The van der Waals surface area contributed by atoms with E-state index in [9.17, 15) is 4.57 Å². The number of allylic oxidation sites excluding steroid dienone is 1. The van der Waals surface area contributed by atoms with Gasteiger partial charge in [-0.1, -0.05) is 13.3 Å². The van der Waals surface area contributed by atoms with Gasteiger partial charge in [-0.15, -0.1) is 5.73 Å². The average Bonchev–Trinajstić information content (AvgIpc) is 2.87. The van der Waals surface area contributed by atoms with Crippen LogP contribution in [0.2, 0.25) is 0 Å². The molecule has 0 unspecified atom stereocenters. The van der Waals surface area contributed by atoms with E-state index in [1.165, 1.54) is 18.4 Å². The standard InChI is InChI=1S/C15H27O3P/c1-4-7-12-15(13-14-10-8-9-11-14)19(16,17-5-2)18-6-3/h4-12H2,1-3H3. The Balaban J connectivity index is 3.05. The van der Waals surface area contributed by atoms with Gasteiger partial charge in [0.15, 0.2) is 0 Å². The monoisotopic (exact) mass is 286 g/mol. The van der Waals surface area contributed by atoms with Crippen molar-refractivity contribution in [1.29, 1.82) is 0 Å². The highest BCUT2D eigenvalue weighted by atomic mass is 31.2. The molecule has 0 aromatic rings. The summed E-state index contributed by atoms with van der Waals surface area (Å²) in [6.07, 6.45) is 7.42. The fourth-order valence-corrected chi connectivity index (χ4v) is 4.07. The summed E-state index contributed by atoms with van der Waals surface area (Å²) in [5, 5.41) is 0.759. The first kappa shape index (κ1) is 16.7. The summed E-state index contributed by atoms with van der Waals surface area (Å²) in [6.45, 7) is 6.65. The molecule has 19 heavy (non-hydrogen) atoms. The molecular weight excluding hydrogens is 259 g/mol. The van der Waals surface area contributed by atoms with E-state index in [4.69, 9.17) is 9.05 Å². The zero-order valence-electron chi connectivity index (χ0n) is 12.5. The molecule has 1 rings (SSSR count). The summed E-state index contributed by atoms with van der Waals surface area (Å²) in [6, 6.07) is 0. The van der Waals surface area contributed by atoms with E-state index in [-0.39, 0.29) is 0 Å². The van der Waals surface area contributed by atoms with Crippen LogP contribution in [0.25, 0.3) is 0 Å². The molecule has 0 saturated heterocycles. The Hall–Kier alpha value is -0.330. The van der Waals surface area contributed by atoms with Crippen LogP contribution in [0.15, 0.2) is 16.6 Å². The summed E-state index contributed by atoms with van der Waals surface area (Å²) in [5.41, 5.74) is 4.66. The Morgan fingerprint density at radius 2 is 1.74 bits per heavy atom. The molecule has 0 aromatic carbocycles. The van der Waals surface area contributed by atoms with Crippen molar-refractivity contribution in [3.05, 3.63) is 16.6 Å². The van der Waals surface area contributed by atoms with Gasteiger partial charge in [-0.05, 0) is 57.9 Å². The molecule has 0 heterocycles. The van der Waals surface area contributed by atoms with Crippen molar-refractivity contribution in [2.24, 2.45) is 0 Å². The average molecular weight is 286 g/mol. The molecule has 1 aliphatic carbocycles. The highest BCUT2D eigenvalue weighted by Crippen LogP contribution is 2.57. The zero-order valence-corrected chi connectivity index (χ0v) is 13.4. The van der Waals surface area contributed by atoms with Gasteiger partial charge in [-0.25, -0.2) is 0 Å². The largest absolute Gasteiger partial charge is 0.364 e. The van der Waals surface area contributed by atoms with Gasteiger partial charge in [-0.2, -0.15) is 0 Å². The minimum atomic E-state index is -3.13. The minimum Gasteiger partial charge on any atom is -0.305 e. The van der Waals surface area contributed by atoms with Crippen molar-refractivity contribution in [1.82, 2.24) is 0 Å². The maximum Gasteiger partial charge on any atom is 0.364 e. The van der Waals surface area contributed by atoms with Crippen molar-refractivity contribution < 1.29 is 13.6 Å². The molecule has 1 saturated carbocycles. The van der Waals surface area contributed by atoms with Gasteiger partial charge < -0.3 is 9.05 Å². The topological polar surface area (TPSA) is 35.5 Å². The van der Waals surface area contributed by atoms with E-state index < -0.39 is 7.60 Å². The van der Waals surface area contributed by atoms with Gasteiger partial charge in [0, 0.05) is 0 Å². The quantitative estimate of drug-likeness (QED) is 0.441. The van der Waals surface area contributed by atoms with Crippen LogP contribution in [-0.2, 0) is 13.6 Å². The van der Waals surface area contributed by atoms with E-state index in [0.717, 1.165) is 37.4 Å². The van der Waals surface area contributed by atoms with Crippen LogP contribution in [0.3, 0.4) is 0 Å². The Bertz CT molecular complexity index is 363. The van der Waals surface area contributed by atoms with E-state index >= 15 is 0 Å². The molecule has 0 radical (unpaired) electrons. The van der Waals surface area contributed by atoms with Gasteiger partial charge in [0.05, 0.1) is 18.5 Å². The highest BCUT2D eigenvalue weighted by Gasteiger charge is 2.29. The third kappa shape index (κ3) is 5.28. The summed E-state index contributed by atoms with van der Waals surface area (Å²) in [4.78, 5) is 0. The number of hydrogen-bond acceptors (Lipinski definition) is 3. The summed E-state index contributed by atoms with van der Waals surface area (Å²) in [5.74, 6) is 0. The molecule has 1 fully saturated rings. The molecule has 110 valence electrons. The fourth-order valence-electron chi connectivity index (χ4n) is 2.28. The van der Waals surface area contributed by atoms with Crippen molar-refractivity contribution in [2.75, 3.05) is 13.2 Å². The lowest BCUT2D eigenvalue weighted by atomic mass is 10.2. The van der Waals surface area contributed by atoms with Gasteiger partial charge >= 0.3 is 7.60 Å². The third-order valence-corrected chi connectivity index (χ3v) is 5.42. The van der Waals surface area contributed by atoms with Crippen LogP contribution in [0, 0.1) is 0 Å². The second kappa shape index (κ2) is 8.76. The molecule has 0 spiro atoms. The van der Waals surface area contributed by atoms with Crippen LogP contribution in [0.5, 0.6) is 0 Å². The molecule has 0 amide bonds. The summed E-state index contributed by atoms with van der Waals surface area (Å²) in [7, 11) is -3.13. The first-order valence-corrected chi connectivity index (χ1v) is 9.07. The Morgan fingerprint density at radius 1 is 1.16 bits per heavy atom. The molecule has 4 heteroatoms. The maximum atomic E-state index is 12.8. The SMILES string of the molecule is CCCCC(=C=C1CCCC1)P(=O)(OCC)OCC. The maximum absolute atomic E-state index is 12.8. The molecule has 3 nitrogen and oxygen atoms in total. The van der Waals surface area contributed by atoms with Crippen LogP contribution < -0.4 is 0 Å². The molecule has 0 bridgehead atoms. The Morgan fingerprint density at radius 3 is 2.21 bits per heavy atom. The van der Waals surface area contributed by atoms with Crippen molar-refractivity contribution >= 4 is 7.60 Å². The smallest absolute Gasteiger partial charge is 0.305 e. The van der Waals surface area contributed by atoms with Crippen molar-refractivity contribution in [3.8, 4) is 0 Å². The van der Waals surface area contributed by atoms with Gasteiger partial charge in [0.25, 0.3) is 0 Å². The Labute approximate surface area is 117 Å². The first-order valence-electron chi connectivity index (χ1n) is 7.53. The molecule has 0 N–H and O–H groups in total. The van der Waals surface area contributed by atoms with Gasteiger partial charge in [-0.3, -0.25) is 4.57 Å². The lowest BCUT2D eigenvalue weighted by molar-refractivity contribution is 0.225. The summed E-state index contributed by atoms with van der Waals surface area (Å²) >= 11 is 0.